The van der Waals surface area contributed by atoms with Gasteiger partial charge in [0, 0.05) is 24.6 Å². The molecule has 21 heavy (non-hydrogen) atoms. The summed E-state index contributed by atoms with van der Waals surface area (Å²) >= 11 is 0. The fourth-order valence-corrected chi connectivity index (χ4v) is 2.46. The summed E-state index contributed by atoms with van der Waals surface area (Å²) in [7, 11) is 0. The van der Waals surface area contributed by atoms with Crippen LogP contribution in [0.2, 0.25) is 0 Å². The number of carbonyl (C=O) groups is 1. The van der Waals surface area contributed by atoms with Crippen molar-refractivity contribution < 1.29 is 14.1 Å². The van der Waals surface area contributed by atoms with E-state index in [4.69, 9.17) is 9.26 Å². The Morgan fingerprint density at radius 1 is 1.38 bits per heavy atom. The molecule has 0 unspecified atom stereocenters. The first kappa shape index (κ1) is 13.8. The molecule has 0 saturated carbocycles. The maximum absolute atomic E-state index is 12.5. The van der Waals surface area contributed by atoms with Crippen molar-refractivity contribution in [3.63, 3.8) is 0 Å². The molecule has 1 aliphatic rings. The summed E-state index contributed by atoms with van der Waals surface area (Å²) in [6.45, 7) is 3.06. The summed E-state index contributed by atoms with van der Waals surface area (Å²) in [4.78, 5) is 16.5. The largest absolute Gasteiger partial charge is 0.379 e. The van der Waals surface area contributed by atoms with Crippen molar-refractivity contribution >= 4 is 5.91 Å². The van der Waals surface area contributed by atoms with Crippen molar-refractivity contribution in [2.24, 2.45) is 0 Å². The number of nitrogens with zero attached hydrogens (tertiary/aromatic N) is 2. The number of aromatic nitrogens is 2. The molecule has 2 aromatic rings. The molecule has 0 spiro atoms. The number of carbonyl (C=O) groups excluding carboxylic acids is 1. The van der Waals surface area contributed by atoms with Gasteiger partial charge in [0.15, 0.2) is 0 Å². The molecule has 1 saturated heterocycles. The zero-order chi connectivity index (χ0) is 14.7. The minimum atomic E-state index is -0.170. The van der Waals surface area contributed by atoms with Crippen molar-refractivity contribution in [1.29, 1.82) is 0 Å². The van der Waals surface area contributed by atoms with Gasteiger partial charge in [-0.1, -0.05) is 5.16 Å². The molecule has 0 bridgehead atoms. The number of nitrogens with one attached hydrogen (secondary N) is 1. The number of aryl methyl sites for hydroxylation is 1. The first-order valence-corrected chi connectivity index (χ1v) is 7.01. The molecule has 3 heterocycles. The lowest BCUT2D eigenvalue weighted by atomic mass is 10.1. The minimum Gasteiger partial charge on any atom is -0.379 e. The Morgan fingerprint density at radius 2 is 2.19 bits per heavy atom. The Labute approximate surface area is 122 Å². The predicted octanol–water partition coefficient (Wildman–Crippen LogP) is 1.95. The first-order valence-electron chi connectivity index (χ1n) is 7.01. The molecular formula is C15H17N3O3. The average Bonchev–Trinajstić information content (AvgIpc) is 2.91. The van der Waals surface area contributed by atoms with Gasteiger partial charge in [0.25, 0.3) is 5.91 Å². The standard InChI is InChI=1S/C15H17N3O3/c1-10-13(15(19)17-12-3-2-8-20-9-12)14(18-21-10)11-4-6-16-7-5-11/h4-7,12H,2-3,8-9H2,1H3,(H,17,19)/t12-/m0/s1. The van der Waals surface area contributed by atoms with Gasteiger partial charge >= 0.3 is 0 Å². The van der Waals surface area contributed by atoms with Crippen molar-refractivity contribution in [1.82, 2.24) is 15.5 Å². The lowest BCUT2D eigenvalue weighted by Gasteiger charge is -2.23. The lowest BCUT2D eigenvalue weighted by Crippen LogP contribution is -2.40. The van der Waals surface area contributed by atoms with Crippen LogP contribution >= 0.6 is 0 Å². The number of amides is 1. The fourth-order valence-electron chi connectivity index (χ4n) is 2.46. The Morgan fingerprint density at radius 3 is 2.90 bits per heavy atom. The molecule has 110 valence electrons. The summed E-state index contributed by atoms with van der Waals surface area (Å²) in [5, 5.41) is 7.00. The van der Waals surface area contributed by atoms with E-state index < -0.39 is 0 Å². The third-order valence-corrected chi connectivity index (χ3v) is 3.54. The van der Waals surface area contributed by atoms with Crippen LogP contribution in [0.25, 0.3) is 11.3 Å². The number of ether oxygens (including phenoxy) is 1. The molecule has 2 aromatic heterocycles. The molecule has 6 heteroatoms. The fraction of sp³-hybridized carbons (Fsp3) is 0.400. The van der Waals surface area contributed by atoms with Crippen LogP contribution in [-0.4, -0.2) is 35.3 Å². The van der Waals surface area contributed by atoms with Crippen molar-refractivity contribution in [2.75, 3.05) is 13.2 Å². The average molecular weight is 287 g/mol. The smallest absolute Gasteiger partial charge is 0.257 e. The molecule has 0 aliphatic carbocycles. The molecule has 1 amide bonds. The van der Waals surface area contributed by atoms with E-state index in [1.54, 1.807) is 31.5 Å². The van der Waals surface area contributed by atoms with Gasteiger partial charge in [0.2, 0.25) is 0 Å². The molecule has 1 aliphatic heterocycles. The molecule has 3 rings (SSSR count). The van der Waals surface area contributed by atoms with E-state index in [2.05, 4.69) is 15.5 Å². The lowest BCUT2D eigenvalue weighted by molar-refractivity contribution is 0.0623. The zero-order valence-electron chi connectivity index (χ0n) is 11.8. The topological polar surface area (TPSA) is 77.2 Å². The zero-order valence-corrected chi connectivity index (χ0v) is 11.8. The minimum absolute atomic E-state index is 0.0471. The van der Waals surface area contributed by atoms with Gasteiger partial charge < -0.3 is 14.6 Å². The Hall–Kier alpha value is -2.21. The summed E-state index contributed by atoms with van der Waals surface area (Å²) in [5.41, 5.74) is 1.84. The molecule has 1 atom stereocenters. The normalized spacial score (nSPS) is 18.4. The second kappa shape index (κ2) is 6.05. The van der Waals surface area contributed by atoms with Gasteiger partial charge in [-0.3, -0.25) is 9.78 Å². The van der Waals surface area contributed by atoms with E-state index >= 15 is 0 Å². The van der Waals surface area contributed by atoms with Gasteiger partial charge in [-0.05, 0) is 31.9 Å². The monoisotopic (exact) mass is 287 g/mol. The first-order chi connectivity index (χ1) is 10.3. The quantitative estimate of drug-likeness (QED) is 0.933. The van der Waals surface area contributed by atoms with E-state index in [0.717, 1.165) is 25.0 Å². The Bertz CT molecular complexity index is 618. The van der Waals surface area contributed by atoms with Crippen molar-refractivity contribution in [2.45, 2.75) is 25.8 Å². The van der Waals surface area contributed by atoms with E-state index in [-0.39, 0.29) is 11.9 Å². The number of rotatable bonds is 3. The van der Waals surface area contributed by atoms with Gasteiger partial charge in [-0.15, -0.1) is 0 Å². The van der Waals surface area contributed by atoms with E-state index in [1.165, 1.54) is 0 Å². The van der Waals surface area contributed by atoms with Crippen molar-refractivity contribution in [3.8, 4) is 11.3 Å². The van der Waals surface area contributed by atoms with Crippen molar-refractivity contribution in [3.05, 3.63) is 35.9 Å². The highest BCUT2D eigenvalue weighted by Crippen LogP contribution is 2.24. The third-order valence-electron chi connectivity index (χ3n) is 3.54. The molecule has 0 aromatic carbocycles. The maximum atomic E-state index is 12.5. The number of pyridine rings is 1. The Balaban J connectivity index is 1.84. The van der Waals surface area contributed by atoms with Crippen LogP contribution in [0, 0.1) is 6.92 Å². The third kappa shape index (κ3) is 2.95. The highest BCUT2D eigenvalue weighted by Gasteiger charge is 2.24. The summed E-state index contributed by atoms with van der Waals surface area (Å²) < 4.78 is 10.6. The summed E-state index contributed by atoms with van der Waals surface area (Å²) in [5.74, 6) is 0.340. The van der Waals surface area contributed by atoms with Crippen LogP contribution in [0.5, 0.6) is 0 Å². The second-order valence-corrected chi connectivity index (χ2v) is 5.09. The SMILES string of the molecule is Cc1onc(-c2ccncc2)c1C(=O)N[C@H]1CCCOC1. The number of hydrogen-bond donors (Lipinski definition) is 1. The highest BCUT2D eigenvalue weighted by molar-refractivity contribution is 6.00. The Kier molecular flexibility index (Phi) is 3.96. The van der Waals surface area contributed by atoms with Crippen LogP contribution in [0.15, 0.2) is 29.0 Å². The predicted molar refractivity (Wildman–Crippen MR) is 75.8 cm³/mol. The van der Waals surface area contributed by atoms with Gasteiger partial charge in [0.1, 0.15) is 17.0 Å². The van der Waals surface area contributed by atoms with Gasteiger partial charge in [0.05, 0.1) is 12.6 Å². The van der Waals surface area contributed by atoms with E-state index in [9.17, 15) is 4.79 Å². The van der Waals surface area contributed by atoms with Crippen LogP contribution < -0.4 is 5.32 Å². The van der Waals surface area contributed by atoms with Gasteiger partial charge in [-0.2, -0.15) is 0 Å². The summed E-state index contributed by atoms with van der Waals surface area (Å²) in [6.07, 6.45) is 5.22. The molecule has 1 fully saturated rings. The van der Waals surface area contributed by atoms with E-state index in [0.29, 0.717) is 23.6 Å². The molecule has 1 N–H and O–H groups in total. The molecule has 6 nitrogen and oxygen atoms in total. The van der Waals surface area contributed by atoms with E-state index in [1.807, 2.05) is 0 Å². The molecule has 0 radical (unpaired) electrons. The van der Waals surface area contributed by atoms with Crippen LogP contribution in [0.1, 0.15) is 29.0 Å². The van der Waals surface area contributed by atoms with Gasteiger partial charge in [-0.25, -0.2) is 0 Å². The van der Waals surface area contributed by atoms with Crippen LogP contribution in [-0.2, 0) is 4.74 Å². The summed E-state index contributed by atoms with van der Waals surface area (Å²) in [6, 6.07) is 3.65. The van der Waals surface area contributed by atoms with Crippen LogP contribution in [0.3, 0.4) is 0 Å². The second-order valence-electron chi connectivity index (χ2n) is 5.09. The maximum Gasteiger partial charge on any atom is 0.257 e. The molecular weight excluding hydrogens is 270 g/mol. The van der Waals surface area contributed by atoms with Crippen LogP contribution in [0.4, 0.5) is 0 Å². The highest BCUT2D eigenvalue weighted by atomic mass is 16.5. The number of hydrogen-bond acceptors (Lipinski definition) is 5.